The van der Waals surface area contributed by atoms with E-state index in [1.54, 1.807) is 24.3 Å². The van der Waals surface area contributed by atoms with Crippen molar-refractivity contribution < 1.29 is 43.3 Å². The summed E-state index contributed by atoms with van der Waals surface area (Å²) in [6.45, 7) is -0.596. The quantitative estimate of drug-likeness (QED) is 0.0872. The van der Waals surface area contributed by atoms with Crippen molar-refractivity contribution in [2.45, 2.75) is 31.1 Å². The van der Waals surface area contributed by atoms with Gasteiger partial charge >= 0.3 is 15.2 Å². The van der Waals surface area contributed by atoms with Gasteiger partial charge in [-0.25, -0.2) is 10.5 Å². The Labute approximate surface area is 219 Å². The lowest BCUT2D eigenvalue weighted by Crippen LogP contribution is -2.34. The molecule has 0 spiro atoms. The Morgan fingerprint density at radius 3 is 2.51 bits per heavy atom. The van der Waals surface area contributed by atoms with Crippen molar-refractivity contribution in [2.75, 3.05) is 17.5 Å². The molecular weight excluding hydrogens is 577 g/mol. The normalized spacial score (nSPS) is 23.9. The van der Waals surface area contributed by atoms with Gasteiger partial charge in [-0.05, 0) is 23.2 Å². The molecule has 0 saturated carbocycles. The van der Waals surface area contributed by atoms with Crippen molar-refractivity contribution in [3.63, 3.8) is 0 Å². The third-order valence-electron chi connectivity index (χ3n) is 5.36. The van der Waals surface area contributed by atoms with Crippen LogP contribution in [0.5, 0.6) is 0 Å². The average molecular weight is 599 g/mol. The zero-order chi connectivity index (χ0) is 27.1. The molecular formula is C18H22Cl2N6O9P2. The number of anilines is 1. The highest BCUT2D eigenvalue weighted by atomic mass is 35.5. The molecule has 2 aromatic heterocycles. The minimum absolute atomic E-state index is 0.0942. The first-order valence-corrected chi connectivity index (χ1v) is 14.8. The average Bonchev–Trinajstić information content (AvgIpc) is 3.32. The van der Waals surface area contributed by atoms with Crippen LogP contribution in [-0.2, 0) is 24.9 Å². The highest BCUT2D eigenvalue weighted by Crippen LogP contribution is 2.55. The fraction of sp³-hybridized carbons (Fsp3) is 0.389. The van der Waals surface area contributed by atoms with Gasteiger partial charge in [0.15, 0.2) is 23.6 Å². The van der Waals surface area contributed by atoms with Gasteiger partial charge in [0.1, 0.15) is 18.3 Å². The van der Waals surface area contributed by atoms with E-state index in [4.69, 9.17) is 48.1 Å². The lowest BCUT2D eigenvalue weighted by molar-refractivity contribution is -0.0541. The van der Waals surface area contributed by atoms with Gasteiger partial charge in [0.2, 0.25) is 5.28 Å². The topological polar surface area (TPSA) is 227 Å². The zero-order valence-electron chi connectivity index (χ0n) is 18.7. The van der Waals surface area contributed by atoms with E-state index < -0.39 is 52.2 Å². The smallest absolute Gasteiger partial charge is 0.340 e. The zero-order valence-corrected chi connectivity index (χ0v) is 22.0. The van der Waals surface area contributed by atoms with E-state index >= 15 is 0 Å². The van der Waals surface area contributed by atoms with Crippen LogP contribution in [0.4, 0.5) is 5.82 Å². The summed E-state index contributed by atoms with van der Waals surface area (Å²) in [5.41, 5.74) is 0.805. The van der Waals surface area contributed by atoms with E-state index in [0.29, 0.717) is 16.0 Å². The van der Waals surface area contributed by atoms with Crippen LogP contribution in [0, 0.1) is 0 Å². The Balaban J connectivity index is 1.57. The largest absolute Gasteiger partial charge is 0.387 e. The standard InChI is InChI=1S/C18H22Cl2N6O9P2/c19-11-4-2-1-3-9(11)6-25(21)15-10-5-22-26(16(10)24-18(20)23-15)17-14(28)13(27)12(35-17)7-34-37(32,33)8-36(29,30)31/h1-5,12-14,17,27-28H,6-8,21H2,(H,32,33)(H2,29,30,31)/t12-,13-,14-,17-/m1/s1. The molecule has 0 radical (unpaired) electrons. The molecule has 3 heterocycles. The predicted octanol–water partition coefficient (Wildman–Crippen LogP) is 0.970. The molecule has 0 bridgehead atoms. The van der Waals surface area contributed by atoms with Gasteiger partial charge in [0.05, 0.1) is 24.7 Å². The molecule has 1 fully saturated rings. The number of nitrogens with two attached hydrogens (primary N) is 1. The minimum Gasteiger partial charge on any atom is -0.387 e. The van der Waals surface area contributed by atoms with Gasteiger partial charge in [0, 0.05) is 5.02 Å². The third-order valence-corrected chi connectivity index (χ3v) is 9.35. The maximum absolute atomic E-state index is 11.9. The molecule has 0 amide bonds. The maximum atomic E-state index is 11.9. The van der Waals surface area contributed by atoms with Gasteiger partial charge in [-0.3, -0.25) is 14.1 Å². The van der Waals surface area contributed by atoms with Crippen molar-refractivity contribution >= 4 is 55.2 Å². The number of ether oxygens (including phenoxy) is 1. The molecule has 0 aliphatic carbocycles. The number of hydrogen-bond acceptors (Lipinski definition) is 11. The Bertz CT molecular complexity index is 1390. The number of aromatic nitrogens is 4. The van der Waals surface area contributed by atoms with Crippen LogP contribution in [0.2, 0.25) is 10.3 Å². The van der Waals surface area contributed by atoms with Crippen LogP contribution < -0.4 is 10.9 Å². The minimum atomic E-state index is -4.85. The van der Waals surface area contributed by atoms with E-state index in [9.17, 15) is 24.2 Å². The first-order chi connectivity index (χ1) is 17.3. The molecule has 19 heteroatoms. The fourth-order valence-electron chi connectivity index (χ4n) is 3.71. The highest BCUT2D eigenvalue weighted by Gasteiger charge is 2.46. The fourth-order valence-corrected chi connectivity index (χ4v) is 6.63. The molecule has 1 aliphatic heterocycles. The summed E-state index contributed by atoms with van der Waals surface area (Å²) >= 11 is 12.3. The number of nitrogens with zero attached hydrogens (tertiary/aromatic N) is 5. The number of fused-ring (bicyclic) bond motifs is 1. The summed E-state index contributed by atoms with van der Waals surface area (Å²) in [6.07, 6.45) is -4.54. The molecule has 202 valence electrons. The Morgan fingerprint density at radius 2 is 1.84 bits per heavy atom. The van der Waals surface area contributed by atoms with Crippen molar-refractivity contribution in [3.8, 4) is 0 Å². The van der Waals surface area contributed by atoms with Gasteiger partial charge in [-0.1, -0.05) is 29.8 Å². The molecule has 3 aromatic rings. The van der Waals surface area contributed by atoms with Crippen LogP contribution in [0.1, 0.15) is 11.8 Å². The predicted molar refractivity (Wildman–Crippen MR) is 131 cm³/mol. The summed E-state index contributed by atoms with van der Waals surface area (Å²) in [5, 5.41) is 27.0. The maximum Gasteiger partial charge on any atom is 0.340 e. The first-order valence-electron chi connectivity index (χ1n) is 10.4. The lowest BCUT2D eigenvalue weighted by atomic mass is 10.1. The summed E-state index contributed by atoms with van der Waals surface area (Å²) in [4.78, 5) is 35.8. The third kappa shape index (κ3) is 6.48. The van der Waals surface area contributed by atoms with Crippen LogP contribution in [-0.4, -0.2) is 75.5 Å². The van der Waals surface area contributed by atoms with Crippen molar-refractivity contribution in [2.24, 2.45) is 5.84 Å². The molecule has 37 heavy (non-hydrogen) atoms. The molecule has 1 aliphatic rings. The second-order valence-corrected chi connectivity index (χ2v) is 12.9. The Kier molecular flexibility index (Phi) is 8.27. The van der Waals surface area contributed by atoms with Crippen LogP contribution in [0.25, 0.3) is 11.0 Å². The SMILES string of the molecule is NN(Cc1ccccc1Cl)c1nc(Cl)nc2c1cnn2[C@@H]1O[C@H](COP(=O)(O)CP(=O)(O)O)[C@@H](O)[C@H]1O. The van der Waals surface area contributed by atoms with Gasteiger partial charge < -0.3 is 34.2 Å². The van der Waals surface area contributed by atoms with E-state index in [1.165, 1.54) is 11.2 Å². The summed E-state index contributed by atoms with van der Waals surface area (Å²) in [7, 11) is -9.56. The lowest BCUT2D eigenvalue weighted by Gasteiger charge is -2.20. The van der Waals surface area contributed by atoms with E-state index in [0.717, 1.165) is 4.68 Å². The monoisotopic (exact) mass is 598 g/mol. The van der Waals surface area contributed by atoms with Gasteiger partial charge in [0.25, 0.3) is 0 Å². The van der Waals surface area contributed by atoms with E-state index in [2.05, 4.69) is 15.1 Å². The highest BCUT2D eigenvalue weighted by molar-refractivity contribution is 7.70. The van der Waals surface area contributed by atoms with Crippen molar-refractivity contribution in [1.29, 1.82) is 0 Å². The van der Waals surface area contributed by atoms with Gasteiger partial charge in [-0.15, -0.1) is 0 Å². The van der Waals surface area contributed by atoms with Crippen LogP contribution >= 0.6 is 38.4 Å². The molecule has 15 nitrogen and oxygen atoms in total. The summed E-state index contributed by atoms with van der Waals surface area (Å²) in [5.74, 6) is 5.01. The van der Waals surface area contributed by atoms with Crippen molar-refractivity contribution in [1.82, 2.24) is 19.7 Å². The first kappa shape index (κ1) is 28.3. The summed E-state index contributed by atoms with van der Waals surface area (Å²) < 4.78 is 34.4. The molecule has 1 saturated heterocycles. The molecule has 4 rings (SSSR count). The summed E-state index contributed by atoms with van der Waals surface area (Å²) in [6, 6.07) is 7.05. The van der Waals surface area contributed by atoms with Crippen LogP contribution in [0.15, 0.2) is 30.5 Å². The number of halogens is 2. The molecule has 5 atom stereocenters. The molecule has 1 unspecified atom stereocenters. The molecule has 7 N–H and O–H groups in total. The Hall–Kier alpha value is -1.71. The Morgan fingerprint density at radius 1 is 1.14 bits per heavy atom. The van der Waals surface area contributed by atoms with Crippen molar-refractivity contribution in [3.05, 3.63) is 46.3 Å². The molecule has 1 aromatic carbocycles. The number of aliphatic hydroxyl groups excluding tert-OH is 2. The number of aliphatic hydroxyl groups is 2. The second kappa shape index (κ2) is 10.8. The van der Waals surface area contributed by atoms with E-state index in [-0.39, 0.29) is 23.3 Å². The second-order valence-electron chi connectivity index (χ2n) is 8.15. The number of rotatable bonds is 9. The van der Waals surface area contributed by atoms with E-state index in [1.807, 2.05) is 0 Å². The number of benzene rings is 1. The number of hydrazine groups is 1. The van der Waals surface area contributed by atoms with Gasteiger partial charge in [-0.2, -0.15) is 15.1 Å². The van der Waals surface area contributed by atoms with Crippen LogP contribution in [0.3, 0.4) is 0 Å². The number of hydrogen-bond donors (Lipinski definition) is 6.